The number of carbonyl (C=O) groups excluding carboxylic acids is 2. The van der Waals surface area contributed by atoms with E-state index in [0.29, 0.717) is 26.3 Å². The lowest BCUT2D eigenvalue weighted by Crippen LogP contribution is -2.53. The molecular weight excluding hydrogens is 292 g/mol. The number of hydrogen-bond acceptors (Lipinski definition) is 5. The molecular formula is C14H24N2O6. The van der Waals surface area contributed by atoms with Crippen molar-refractivity contribution in [3.8, 4) is 0 Å². The Morgan fingerprint density at radius 3 is 2.27 bits per heavy atom. The van der Waals surface area contributed by atoms with Crippen molar-refractivity contribution in [3.05, 3.63) is 0 Å². The number of nitrogens with zero attached hydrogens (tertiary/aromatic N) is 2. The molecule has 0 radical (unpaired) electrons. The lowest BCUT2D eigenvalue weighted by Gasteiger charge is -2.34. The molecule has 0 saturated carbocycles. The molecule has 126 valence electrons. The average molecular weight is 316 g/mol. The molecule has 1 rings (SSSR count). The van der Waals surface area contributed by atoms with Crippen LogP contribution in [0.5, 0.6) is 0 Å². The Labute approximate surface area is 130 Å². The number of rotatable bonds is 4. The first-order chi connectivity index (χ1) is 10.1. The van der Waals surface area contributed by atoms with Crippen LogP contribution in [0.2, 0.25) is 0 Å². The van der Waals surface area contributed by atoms with Gasteiger partial charge in [-0.25, -0.2) is 4.79 Å². The third-order valence-electron chi connectivity index (χ3n) is 3.12. The fourth-order valence-electron chi connectivity index (χ4n) is 2.01. The second-order valence-electron chi connectivity index (χ2n) is 6.14. The summed E-state index contributed by atoms with van der Waals surface area (Å²) in [5.41, 5.74) is -0.721. The first-order valence-corrected chi connectivity index (χ1v) is 7.16. The first-order valence-electron chi connectivity index (χ1n) is 7.16. The Hall–Kier alpha value is -1.83. The minimum absolute atomic E-state index is 0.386. The fourth-order valence-corrected chi connectivity index (χ4v) is 2.01. The summed E-state index contributed by atoms with van der Waals surface area (Å²) in [6, 6.07) is -1.09. The van der Waals surface area contributed by atoms with E-state index in [4.69, 9.17) is 14.6 Å². The van der Waals surface area contributed by atoms with Crippen molar-refractivity contribution in [1.82, 2.24) is 9.80 Å². The molecule has 1 atom stereocenters. The predicted molar refractivity (Wildman–Crippen MR) is 77.4 cm³/mol. The minimum Gasteiger partial charge on any atom is -0.481 e. The summed E-state index contributed by atoms with van der Waals surface area (Å²) in [7, 11) is 1.38. The Morgan fingerprint density at radius 2 is 1.82 bits per heavy atom. The van der Waals surface area contributed by atoms with Gasteiger partial charge in [0.1, 0.15) is 11.6 Å². The Bertz CT molecular complexity index is 426. The van der Waals surface area contributed by atoms with E-state index in [1.165, 1.54) is 11.9 Å². The summed E-state index contributed by atoms with van der Waals surface area (Å²) in [6.07, 6.45) is -1.19. The quantitative estimate of drug-likeness (QED) is 0.814. The van der Waals surface area contributed by atoms with Gasteiger partial charge in [-0.05, 0) is 20.8 Å². The molecule has 1 heterocycles. The van der Waals surface area contributed by atoms with Crippen LogP contribution >= 0.6 is 0 Å². The molecule has 1 aliphatic heterocycles. The lowest BCUT2D eigenvalue weighted by molar-refractivity contribution is -0.147. The third-order valence-corrected chi connectivity index (χ3v) is 3.12. The highest BCUT2D eigenvalue weighted by atomic mass is 16.6. The summed E-state index contributed by atoms with van der Waals surface area (Å²) in [5, 5.41) is 9.02. The van der Waals surface area contributed by atoms with Gasteiger partial charge in [0.2, 0.25) is 5.91 Å². The standard InChI is InChI=1S/C14H24N2O6/c1-14(2,3)22-13(20)15(4)10(9-11(17)18)12(19)16-5-7-21-8-6-16/h10H,5-9H2,1-4H3,(H,17,18). The molecule has 8 nitrogen and oxygen atoms in total. The van der Waals surface area contributed by atoms with Gasteiger partial charge in [0, 0.05) is 20.1 Å². The van der Waals surface area contributed by atoms with Crippen molar-refractivity contribution in [1.29, 1.82) is 0 Å². The molecule has 1 N–H and O–H groups in total. The lowest BCUT2D eigenvalue weighted by atomic mass is 10.1. The molecule has 1 saturated heterocycles. The fraction of sp³-hybridized carbons (Fsp3) is 0.786. The Balaban J connectivity index is 2.84. The van der Waals surface area contributed by atoms with Gasteiger partial charge in [0.05, 0.1) is 19.6 Å². The maximum absolute atomic E-state index is 12.5. The van der Waals surface area contributed by atoms with Gasteiger partial charge in [0.25, 0.3) is 0 Å². The van der Waals surface area contributed by atoms with E-state index >= 15 is 0 Å². The van der Waals surface area contributed by atoms with E-state index in [1.54, 1.807) is 20.8 Å². The summed E-state index contributed by atoms with van der Waals surface area (Å²) >= 11 is 0. The molecule has 2 amide bonds. The highest BCUT2D eigenvalue weighted by Gasteiger charge is 2.35. The molecule has 0 aromatic carbocycles. The number of carbonyl (C=O) groups is 3. The van der Waals surface area contributed by atoms with Crippen molar-refractivity contribution < 1.29 is 29.0 Å². The SMILES string of the molecule is CN(C(=O)OC(C)(C)C)C(CC(=O)O)C(=O)N1CCOCC1. The topological polar surface area (TPSA) is 96.4 Å². The van der Waals surface area contributed by atoms with Crippen molar-refractivity contribution >= 4 is 18.0 Å². The molecule has 1 unspecified atom stereocenters. The molecule has 8 heteroatoms. The monoisotopic (exact) mass is 316 g/mol. The van der Waals surface area contributed by atoms with Crippen molar-refractivity contribution in [2.75, 3.05) is 33.4 Å². The zero-order valence-corrected chi connectivity index (χ0v) is 13.5. The summed E-state index contributed by atoms with van der Waals surface area (Å²) < 4.78 is 10.4. The molecule has 1 aliphatic rings. The van der Waals surface area contributed by atoms with Gasteiger partial charge in [-0.15, -0.1) is 0 Å². The normalized spacial score (nSPS) is 16.8. The van der Waals surface area contributed by atoms with Crippen LogP contribution in [0.15, 0.2) is 0 Å². The summed E-state index contributed by atoms with van der Waals surface area (Å²) in [5.74, 6) is -1.55. The number of aliphatic carboxylic acids is 1. The predicted octanol–water partition coefficient (Wildman–Crippen LogP) is 0.555. The van der Waals surface area contributed by atoms with Gasteiger partial charge in [-0.2, -0.15) is 0 Å². The van der Waals surface area contributed by atoms with Gasteiger partial charge >= 0.3 is 12.1 Å². The van der Waals surface area contributed by atoms with Gasteiger partial charge in [0.15, 0.2) is 0 Å². The molecule has 0 aromatic heterocycles. The maximum atomic E-state index is 12.5. The number of morpholine rings is 1. The number of carboxylic acids is 1. The van der Waals surface area contributed by atoms with Crippen LogP contribution in [0, 0.1) is 0 Å². The van der Waals surface area contributed by atoms with E-state index in [1.807, 2.05) is 0 Å². The molecule has 0 spiro atoms. The molecule has 0 bridgehead atoms. The maximum Gasteiger partial charge on any atom is 0.410 e. The molecule has 22 heavy (non-hydrogen) atoms. The first kappa shape index (κ1) is 18.2. The minimum atomic E-state index is -1.15. The van der Waals surface area contributed by atoms with Crippen LogP contribution in [0.25, 0.3) is 0 Å². The average Bonchev–Trinajstić information content (AvgIpc) is 2.42. The summed E-state index contributed by atoms with van der Waals surface area (Å²) in [4.78, 5) is 38.2. The van der Waals surface area contributed by atoms with E-state index in [-0.39, 0.29) is 0 Å². The molecule has 1 fully saturated rings. The third kappa shape index (κ3) is 5.51. The van der Waals surface area contributed by atoms with Crippen LogP contribution in [0.4, 0.5) is 4.79 Å². The number of ether oxygens (including phenoxy) is 2. The number of carboxylic acid groups (broad SMARTS) is 1. The zero-order valence-electron chi connectivity index (χ0n) is 13.5. The highest BCUT2D eigenvalue weighted by Crippen LogP contribution is 2.14. The Kier molecular flexibility index (Phi) is 6.16. The van der Waals surface area contributed by atoms with Gasteiger partial charge in [-0.3, -0.25) is 14.5 Å². The second kappa shape index (κ2) is 7.44. The largest absolute Gasteiger partial charge is 0.481 e. The summed E-state index contributed by atoms with van der Waals surface area (Å²) in [6.45, 7) is 6.69. The molecule has 0 aromatic rings. The Morgan fingerprint density at radius 1 is 1.27 bits per heavy atom. The molecule has 0 aliphatic carbocycles. The van der Waals surface area contributed by atoms with Crippen LogP contribution in [-0.4, -0.2) is 77.9 Å². The van der Waals surface area contributed by atoms with E-state index in [0.717, 1.165) is 4.90 Å². The van der Waals surface area contributed by atoms with E-state index in [9.17, 15) is 14.4 Å². The van der Waals surface area contributed by atoms with Crippen molar-refractivity contribution in [3.63, 3.8) is 0 Å². The van der Waals surface area contributed by atoms with E-state index < -0.39 is 36.0 Å². The highest BCUT2D eigenvalue weighted by molar-refractivity contribution is 5.89. The van der Waals surface area contributed by atoms with Crippen LogP contribution in [0.3, 0.4) is 0 Å². The number of likely N-dealkylation sites (N-methyl/N-ethyl adjacent to an activating group) is 1. The second-order valence-corrected chi connectivity index (χ2v) is 6.14. The van der Waals surface area contributed by atoms with Crippen LogP contribution in [0.1, 0.15) is 27.2 Å². The number of hydrogen-bond donors (Lipinski definition) is 1. The van der Waals surface area contributed by atoms with Crippen molar-refractivity contribution in [2.45, 2.75) is 38.8 Å². The van der Waals surface area contributed by atoms with Crippen LogP contribution in [-0.2, 0) is 19.1 Å². The van der Waals surface area contributed by atoms with Gasteiger partial charge < -0.3 is 19.5 Å². The van der Waals surface area contributed by atoms with E-state index in [2.05, 4.69) is 0 Å². The smallest absolute Gasteiger partial charge is 0.410 e. The van der Waals surface area contributed by atoms with Crippen molar-refractivity contribution in [2.24, 2.45) is 0 Å². The number of amides is 2. The van der Waals surface area contributed by atoms with Crippen LogP contribution < -0.4 is 0 Å². The van der Waals surface area contributed by atoms with Gasteiger partial charge in [-0.1, -0.05) is 0 Å². The zero-order chi connectivity index (χ0) is 16.9.